The van der Waals surface area contributed by atoms with Crippen LogP contribution in [-0.4, -0.2) is 28.5 Å². The van der Waals surface area contributed by atoms with E-state index >= 15 is 0 Å². The molecule has 1 heterocycles. The number of fused-ring (bicyclic) bond motifs is 2. The molecule has 162 valence electrons. The van der Waals surface area contributed by atoms with Crippen LogP contribution in [-0.2, 0) is 9.59 Å². The molecule has 0 bridgehead atoms. The molecule has 4 aromatic carbocycles. The van der Waals surface area contributed by atoms with Crippen molar-refractivity contribution in [2.24, 2.45) is 0 Å². The Kier molecular flexibility index (Phi) is 5.44. The van der Waals surface area contributed by atoms with Gasteiger partial charge in [-0.05, 0) is 70.1 Å². The standard InChI is InChI=1S/C27H20N2O3S/c1-17-10-12-20(13-11-17)28-25(30)16-29-26(31)24(33-27(29)32)15-23-21-8-4-2-6-18(21)14-19-7-3-5-9-22(19)23/h2-15H,16H2,1H3,(H,28,30)/b24-15-. The van der Waals surface area contributed by atoms with Crippen LogP contribution >= 0.6 is 11.8 Å². The number of carbonyl (C=O) groups excluding carboxylic acids is 3. The number of nitrogens with zero attached hydrogens (tertiary/aromatic N) is 1. The maximum Gasteiger partial charge on any atom is 0.294 e. The molecular formula is C27H20N2O3S. The highest BCUT2D eigenvalue weighted by atomic mass is 32.2. The first-order valence-electron chi connectivity index (χ1n) is 10.5. The minimum Gasteiger partial charge on any atom is -0.325 e. The van der Waals surface area contributed by atoms with Crippen LogP contribution in [0.15, 0.2) is 83.8 Å². The molecule has 6 heteroatoms. The molecule has 1 fully saturated rings. The van der Waals surface area contributed by atoms with E-state index in [1.54, 1.807) is 18.2 Å². The van der Waals surface area contributed by atoms with Gasteiger partial charge in [-0.25, -0.2) is 0 Å². The van der Waals surface area contributed by atoms with Gasteiger partial charge < -0.3 is 5.32 Å². The van der Waals surface area contributed by atoms with Gasteiger partial charge in [0.1, 0.15) is 6.54 Å². The van der Waals surface area contributed by atoms with E-state index < -0.39 is 17.1 Å². The van der Waals surface area contributed by atoms with Gasteiger partial charge in [0, 0.05) is 5.69 Å². The molecule has 0 aromatic heterocycles. The van der Waals surface area contributed by atoms with Crippen LogP contribution in [0.3, 0.4) is 0 Å². The van der Waals surface area contributed by atoms with E-state index in [0.717, 1.165) is 49.3 Å². The molecule has 4 aromatic rings. The number of hydrogen-bond acceptors (Lipinski definition) is 4. The summed E-state index contributed by atoms with van der Waals surface area (Å²) >= 11 is 0.863. The summed E-state index contributed by atoms with van der Waals surface area (Å²) in [6.45, 7) is 1.63. The monoisotopic (exact) mass is 452 g/mol. The number of hydrogen-bond donors (Lipinski definition) is 1. The van der Waals surface area contributed by atoms with Crippen molar-refractivity contribution in [2.75, 3.05) is 11.9 Å². The first-order valence-corrected chi connectivity index (χ1v) is 11.3. The number of benzene rings is 4. The smallest absolute Gasteiger partial charge is 0.294 e. The van der Waals surface area contributed by atoms with Crippen molar-refractivity contribution in [1.29, 1.82) is 0 Å². The second-order valence-corrected chi connectivity index (χ2v) is 8.91. The van der Waals surface area contributed by atoms with Crippen LogP contribution in [0.2, 0.25) is 0 Å². The zero-order valence-electron chi connectivity index (χ0n) is 17.9. The minimum absolute atomic E-state index is 0.310. The van der Waals surface area contributed by atoms with Crippen LogP contribution < -0.4 is 5.32 Å². The fourth-order valence-corrected chi connectivity index (χ4v) is 4.77. The molecule has 1 saturated heterocycles. The Bertz CT molecular complexity index is 1400. The number of nitrogens with one attached hydrogen (secondary N) is 1. The number of thioether (sulfide) groups is 1. The van der Waals surface area contributed by atoms with E-state index in [-0.39, 0.29) is 6.54 Å². The van der Waals surface area contributed by atoms with Crippen molar-refractivity contribution in [3.8, 4) is 0 Å². The van der Waals surface area contributed by atoms with Crippen molar-refractivity contribution in [3.05, 3.63) is 94.9 Å². The third-order valence-electron chi connectivity index (χ3n) is 5.60. The van der Waals surface area contributed by atoms with Crippen molar-refractivity contribution >= 4 is 62.1 Å². The van der Waals surface area contributed by atoms with E-state index in [2.05, 4.69) is 11.4 Å². The molecule has 1 N–H and O–H groups in total. The summed E-state index contributed by atoms with van der Waals surface area (Å²) in [5.74, 6) is -0.876. The first-order chi connectivity index (χ1) is 16.0. The number of anilines is 1. The fourth-order valence-electron chi connectivity index (χ4n) is 3.95. The molecule has 0 unspecified atom stereocenters. The largest absolute Gasteiger partial charge is 0.325 e. The second kappa shape index (κ2) is 8.56. The van der Waals surface area contributed by atoms with Gasteiger partial charge in [-0.1, -0.05) is 66.2 Å². The molecule has 0 saturated carbocycles. The zero-order valence-corrected chi connectivity index (χ0v) is 18.7. The van der Waals surface area contributed by atoms with Crippen LogP contribution in [0.4, 0.5) is 10.5 Å². The molecular weight excluding hydrogens is 432 g/mol. The van der Waals surface area contributed by atoms with Crippen LogP contribution in [0.1, 0.15) is 11.1 Å². The SMILES string of the molecule is Cc1ccc(NC(=O)CN2C(=O)S/C(=C\c3c4ccccc4cc4ccccc34)C2=O)cc1. The van der Waals surface area contributed by atoms with E-state index in [9.17, 15) is 14.4 Å². The van der Waals surface area contributed by atoms with Crippen molar-refractivity contribution in [3.63, 3.8) is 0 Å². The van der Waals surface area contributed by atoms with Crippen LogP contribution in [0.25, 0.3) is 27.6 Å². The Hall–Kier alpha value is -3.90. The fraction of sp³-hybridized carbons (Fsp3) is 0.0741. The lowest BCUT2D eigenvalue weighted by Crippen LogP contribution is -2.36. The quantitative estimate of drug-likeness (QED) is 0.306. The van der Waals surface area contributed by atoms with Crippen molar-refractivity contribution < 1.29 is 14.4 Å². The predicted molar refractivity (Wildman–Crippen MR) is 134 cm³/mol. The van der Waals surface area contributed by atoms with Crippen LogP contribution in [0, 0.1) is 6.92 Å². The van der Waals surface area contributed by atoms with Gasteiger partial charge in [0.2, 0.25) is 5.91 Å². The van der Waals surface area contributed by atoms with E-state index in [0.29, 0.717) is 10.6 Å². The van der Waals surface area contributed by atoms with Crippen molar-refractivity contribution in [2.45, 2.75) is 6.92 Å². The van der Waals surface area contributed by atoms with E-state index in [1.165, 1.54) is 0 Å². The van der Waals surface area contributed by atoms with Gasteiger partial charge in [-0.15, -0.1) is 0 Å². The molecule has 3 amide bonds. The molecule has 0 radical (unpaired) electrons. The Balaban J connectivity index is 1.45. The summed E-state index contributed by atoms with van der Waals surface area (Å²) in [4.78, 5) is 39.4. The van der Waals surface area contributed by atoms with Crippen LogP contribution in [0.5, 0.6) is 0 Å². The van der Waals surface area contributed by atoms with Gasteiger partial charge in [0.15, 0.2) is 0 Å². The zero-order chi connectivity index (χ0) is 22.9. The number of amides is 3. The molecule has 0 atom stereocenters. The number of carbonyl (C=O) groups is 3. The molecule has 0 aliphatic carbocycles. The molecule has 5 rings (SSSR count). The van der Waals surface area contributed by atoms with Gasteiger partial charge in [0.25, 0.3) is 11.1 Å². The first kappa shape index (κ1) is 21.0. The topological polar surface area (TPSA) is 66.5 Å². The summed E-state index contributed by atoms with van der Waals surface area (Å²) in [5.41, 5.74) is 2.58. The molecule has 1 aliphatic heterocycles. The summed E-state index contributed by atoms with van der Waals surface area (Å²) in [6.07, 6.45) is 1.77. The summed E-state index contributed by atoms with van der Waals surface area (Å²) in [6, 6.07) is 25.4. The minimum atomic E-state index is -0.457. The summed E-state index contributed by atoms with van der Waals surface area (Å²) < 4.78 is 0. The Morgan fingerprint density at radius 2 is 1.52 bits per heavy atom. The lowest BCUT2D eigenvalue weighted by molar-refractivity contribution is -0.127. The average molecular weight is 453 g/mol. The maximum atomic E-state index is 13.1. The molecule has 5 nitrogen and oxygen atoms in total. The Morgan fingerprint density at radius 1 is 0.909 bits per heavy atom. The molecule has 0 spiro atoms. The Labute approximate surface area is 195 Å². The molecule has 1 aliphatic rings. The Morgan fingerprint density at radius 3 is 2.15 bits per heavy atom. The third kappa shape index (κ3) is 4.13. The summed E-state index contributed by atoms with van der Waals surface area (Å²) in [7, 11) is 0. The van der Waals surface area contributed by atoms with Gasteiger partial charge in [0.05, 0.1) is 4.91 Å². The maximum absolute atomic E-state index is 13.1. The van der Waals surface area contributed by atoms with E-state index in [1.807, 2.05) is 67.6 Å². The van der Waals surface area contributed by atoms with Crippen molar-refractivity contribution in [1.82, 2.24) is 4.90 Å². The number of rotatable bonds is 4. The number of aryl methyl sites for hydroxylation is 1. The third-order valence-corrected chi connectivity index (χ3v) is 6.51. The lowest BCUT2D eigenvalue weighted by Gasteiger charge is -2.12. The average Bonchev–Trinajstić information content (AvgIpc) is 3.07. The second-order valence-electron chi connectivity index (χ2n) is 7.91. The highest BCUT2D eigenvalue weighted by Gasteiger charge is 2.36. The summed E-state index contributed by atoms with van der Waals surface area (Å²) in [5, 5.41) is 6.40. The van der Waals surface area contributed by atoms with Gasteiger partial charge in [-0.3, -0.25) is 19.3 Å². The highest BCUT2D eigenvalue weighted by molar-refractivity contribution is 8.18. The van der Waals surface area contributed by atoms with Gasteiger partial charge >= 0.3 is 0 Å². The normalized spacial score (nSPS) is 15.1. The van der Waals surface area contributed by atoms with E-state index in [4.69, 9.17) is 0 Å². The number of imide groups is 1. The highest BCUT2D eigenvalue weighted by Crippen LogP contribution is 2.36. The molecule has 33 heavy (non-hydrogen) atoms. The lowest BCUT2D eigenvalue weighted by atomic mass is 9.96. The van der Waals surface area contributed by atoms with Gasteiger partial charge in [-0.2, -0.15) is 0 Å². The predicted octanol–water partition coefficient (Wildman–Crippen LogP) is 5.98.